The predicted molar refractivity (Wildman–Crippen MR) is 122 cm³/mol. The second kappa shape index (κ2) is 9.98. The molecule has 3 rings (SSSR count). The van der Waals surface area contributed by atoms with Crippen molar-refractivity contribution < 1.29 is 19.1 Å². The zero-order valence-electron chi connectivity index (χ0n) is 18.2. The van der Waals surface area contributed by atoms with E-state index in [2.05, 4.69) is 5.32 Å². The predicted octanol–water partition coefficient (Wildman–Crippen LogP) is 4.66. The van der Waals surface area contributed by atoms with E-state index in [1.54, 1.807) is 37.4 Å². The van der Waals surface area contributed by atoms with Crippen LogP contribution in [0.1, 0.15) is 31.4 Å². The molecular formula is C24H27ClN2O4. The van der Waals surface area contributed by atoms with Crippen LogP contribution in [0.4, 0.5) is 5.69 Å². The van der Waals surface area contributed by atoms with E-state index in [0.717, 1.165) is 5.56 Å². The lowest BCUT2D eigenvalue weighted by atomic mass is 10.0. The summed E-state index contributed by atoms with van der Waals surface area (Å²) in [6.45, 7) is 6.54. The summed E-state index contributed by atoms with van der Waals surface area (Å²) in [6.07, 6.45) is 0.603. The van der Waals surface area contributed by atoms with E-state index in [9.17, 15) is 9.59 Å². The Bertz CT molecular complexity index is 999. The van der Waals surface area contributed by atoms with Gasteiger partial charge >= 0.3 is 0 Å². The molecular weight excluding hydrogens is 416 g/mol. The quantitative estimate of drug-likeness (QED) is 0.451. The summed E-state index contributed by atoms with van der Waals surface area (Å²) < 4.78 is 10.8. The molecule has 0 aliphatic carbocycles. The minimum Gasteiger partial charge on any atom is -0.491 e. The largest absolute Gasteiger partial charge is 0.491 e. The topological polar surface area (TPSA) is 67.9 Å². The first-order valence-electron chi connectivity index (χ1n) is 10.2. The number of halogens is 1. The highest BCUT2D eigenvalue weighted by Gasteiger charge is 2.38. The molecule has 6 nitrogen and oxygen atoms in total. The van der Waals surface area contributed by atoms with Gasteiger partial charge in [-0.3, -0.25) is 14.5 Å². The number of imide groups is 1. The summed E-state index contributed by atoms with van der Waals surface area (Å²) in [5.41, 5.74) is 2.78. The van der Waals surface area contributed by atoms with E-state index >= 15 is 0 Å². The summed E-state index contributed by atoms with van der Waals surface area (Å²) in [5.74, 6) is 0.00236. The number of carbonyl (C=O) groups excluding carboxylic acids is 2. The van der Waals surface area contributed by atoms with Gasteiger partial charge in [0.15, 0.2) is 0 Å². The number of nitrogens with zero attached hydrogens (tertiary/aromatic N) is 1. The lowest BCUT2D eigenvalue weighted by Crippen LogP contribution is -2.33. The van der Waals surface area contributed by atoms with Crippen molar-refractivity contribution in [1.82, 2.24) is 4.90 Å². The Morgan fingerprint density at radius 2 is 1.77 bits per heavy atom. The Balaban J connectivity index is 1.97. The molecule has 1 aliphatic heterocycles. The Kier molecular flexibility index (Phi) is 7.36. The zero-order valence-corrected chi connectivity index (χ0v) is 19.0. The average Bonchev–Trinajstić information content (AvgIpc) is 2.95. The number of carbonyl (C=O) groups is 2. The van der Waals surface area contributed by atoms with Gasteiger partial charge in [-0.1, -0.05) is 29.8 Å². The summed E-state index contributed by atoms with van der Waals surface area (Å²) in [6, 6.07) is 12.6. The Morgan fingerprint density at radius 3 is 2.39 bits per heavy atom. The number of methoxy groups -OCH3 is 1. The number of ether oxygens (including phenoxy) is 2. The second-order valence-electron chi connectivity index (χ2n) is 7.64. The van der Waals surface area contributed by atoms with Crippen LogP contribution in [-0.4, -0.2) is 43.1 Å². The summed E-state index contributed by atoms with van der Waals surface area (Å²) in [4.78, 5) is 27.6. The van der Waals surface area contributed by atoms with Crippen molar-refractivity contribution in [3.05, 3.63) is 64.3 Å². The lowest BCUT2D eigenvalue weighted by Gasteiger charge is -2.15. The molecule has 7 heteroatoms. The van der Waals surface area contributed by atoms with E-state index in [1.807, 2.05) is 32.9 Å². The Morgan fingerprint density at radius 1 is 1.06 bits per heavy atom. The maximum atomic E-state index is 13.2. The van der Waals surface area contributed by atoms with E-state index in [-0.39, 0.29) is 30.2 Å². The SMILES string of the molecule is COCCCN1C(=O)C(Nc2ccc(C)c(Cl)c2)=C(c2ccc(OC(C)C)cc2)C1=O. The summed E-state index contributed by atoms with van der Waals surface area (Å²) in [7, 11) is 1.59. The van der Waals surface area contributed by atoms with Gasteiger partial charge in [0, 0.05) is 31.0 Å². The number of rotatable bonds is 9. The minimum absolute atomic E-state index is 0.0412. The van der Waals surface area contributed by atoms with Crippen molar-refractivity contribution in [1.29, 1.82) is 0 Å². The molecule has 1 N–H and O–H groups in total. The Hall–Kier alpha value is -2.83. The van der Waals surface area contributed by atoms with Crippen molar-refractivity contribution in [3.63, 3.8) is 0 Å². The number of nitrogens with one attached hydrogen (secondary N) is 1. The molecule has 1 heterocycles. The van der Waals surface area contributed by atoms with Crippen LogP contribution in [0.3, 0.4) is 0 Å². The van der Waals surface area contributed by atoms with E-state index in [1.165, 1.54) is 4.90 Å². The van der Waals surface area contributed by atoms with E-state index in [4.69, 9.17) is 21.1 Å². The first-order chi connectivity index (χ1) is 14.8. The monoisotopic (exact) mass is 442 g/mol. The highest BCUT2D eigenvalue weighted by molar-refractivity contribution is 6.36. The molecule has 2 aromatic rings. The van der Waals surface area contributed by atoms with Gasteiger partial charge in [0.05, 0.1) is 11.7 Å². The maximum Gasteiger partial charge on any atom is 0.278 e. The molecule has 2 aromatic carbocycles. The molecule has 31 heavy (non-hydrogen) atoms. The van der Waals surface area contributed by atoms with Gasteiger partial charge in [0.25, 0.3) is 11.8 Å². The smallest absolute Gasteiger partial charge is 0.278 e. The number of benzene rings is 2. The van der Waals surface area contributed by atoms with Crippen molar-refractivity contribution >= 4 is 34.7 Å². The van der Waals surface area contributed by atoms with Gasteiger partial charge in [-0.2, -0.15) is 0 Å². The van der Waals surface area contributed by atoms with Crippen molar-refractivity contribution in [2.24, 2.45) is 0 Å². The van der Waals surface area contributed by atoms with Gasteiger partial charge in [-0.05, 0) is 62.6 Å². The molecule has 0 saturated carbocycles. The fourth-order valence-corrected chi connectivity index (χ4v) is 3.50. The fraction of sp³-hybridized carbons (Fsp3) is 0.333. The molecule has 0 saturated heterocycles. The third-order valence-electron chi connectivity index (χ3n) is 4.85. The lowest BCUT2D eigenvalue weighted by molar-refractivity contribution is -0.136. The molecule has 0 radical (unpaired) electrons. The number of aryl methyl sites for hydroxylation is 1. The number of amides is 2. The first kappa shape index (κ1) is 22.8. The van der Waals surface area contributed by atoms with Crippen LogP contribution in [0.2, 0.25) is 5.02 Å². The van der Waals surface area contributed by atoms with Crippen molar-refractivity contribution in [3.8, 4) is 5.75 Å². The first-order valence-corrected chi connectivity index (χ1v) is 10.6. The van der Waals surface area contributed by atoms with Gasteiger partial charge < -0.3 is 14.8 Å². The molecule has 0 unspecified atom stereocenters. The number of anilines is 1. The molecule has 0 bridgehead atoms. The van der Waals surface area contributed by atoms with Crippen LogP contribution in [0.5, 0.6) is 5.75 Å². The molecule has 0 atom stereocenters. The summed E-state index contributed by atoms with van der Waals surface area (Å²) >= 11 is 6.24. The molecule has 164 valence electrons. The van der Waals surface area contributed by atoms with Crippen LogP contribution in [0.25, 0.3) is 5.57 Å². The van der Waals surface area contributed by atoms with Gasteiger partial charge in [0.2, 0.25) is 0 Å². The van der Waals surface area contributed by atoms with E-state index < -0.39 is 0 Å². The van der Waals surface area contributed by atoms with Gasteiger partial charge in [-0.15, -0.1) is 0 Å². The van der Waals surface area contributed by atoms with Crippen LogP contribution < -0.4 is 10.1 Å². The maximum absolute atomic E-state index is 13.2. The van der Waals surface area contributed by atoms with Crippen molar-refractivity contribution in [2.45, 2.75) is 33.3 Å². The molecule has 1 aliphatic rings. The fourth-order valence-electron chi connectivity index (χ4n) is 3.32. The molecule has 0 spiro atoms. The second-order valence-corrected chi connectivity index (χ2v) is 8.05. The normalized spacial score (nSPS) is 14.1. The Labute approximate surface area is 187 Å². The molecule has 0 aromatic heterocycles. The standard InChI is InChI=1S/C24H27ClN2O4/c1-15(2)31-19-10-7-17(8-11-19)21-22(26-18-9-6-16(3)20(25)14-18)24(29)27(23(21)28)12-5-13-30-4/h6-11,14-15,26H,5,12-13H2,1-4H3. The minimum atomic E-state index is -0.365. The number of hydrogen-bond acceptors (Lipinski definition) is 5. The van der Waals surface area contributed by atoms with Gasteiger partial charge in [0.1, 0.15) is 11.4 Å². The van der Waals surface area contributed by atoms with Crippen LogP contribution >= 0.6 is 11.6 Å². The third-order valence-corrected chi connectivity index (χ3v) is 5.26. The zero-order chi connectivity index (χ0) is 22.5. The highest BCUT2D eigenvalue weighted by Crippen LogP contribution is 2.32. The van der Waals surface area contributed by atoms with Crippen LogP contribution in [0.15, 0.2) is 48.2 Å². The molecule has 0 fully saturated rings. The average molecular weight is 443 g/mol. The van der Waals surface area contributed by atoms with Crippen LogP contribution in [-0.2, 0) is 14.3 Å². The van der Waals surface area contributed by atoms with Crippen LogP contribution in [0, 0.1) is 6.92 Å². The van der Waals surface area contributed by atoms with Crippen molar-refractivity contribution in [2.75, 3.05) is 25.6 Å². The summed E-state index contributed by atoms with van der Waals surface area (Å²) in [5, 5.41) is 3.71. The van der Waals surface area contributed by atoms with Gasteiger partial charge in [-0.25, -0.2) is 0 Å². The molecule has 2 amide bonds. The van der Waals surface area contributed by atoms with E-state index in [0.29, 0.717) is 40.6 Å². The highest BCUT2D eigenvalue weighted by atomic mass is 35.5. The third kappa shape index (κ3) is 5.27. The number of hydrogen-bond donors (Lipinski definition) is 1.